The molecule has 5 heteroatoms. The summed E-state index contributed by atoms with van der Waals surface area (Å²) in [6, 6.07) is 18.1. The first-order chi connectivity index (χ1) is 11.6. The Balaban J connectivity index is 1.63. The summed E-state index contributed by atoms with van der Waals surface area (Å²) in [7, 11) is 0. The fraction of sp³-hybridized carbons (Fsp3) is 0.0526. The van der Waals surface area contributed by atoms with Crippen LogP contribution in [0.25, 0.3) is 10.8 Å². The van der Waals surface area contributed by atoms with Crippen molar-refractivity contribution in [2.24, 2.45) is 0 Å². The predicted octanol–water partition coefficient (Wildman–Crippen LogP) is 3.57. The lowest BCUT2D eigenvalue weighted by Crippen LogP contribution is -2.32. The molecule has 24 heavy (non-hydrogen) atoms. The van der Waals surface area contributed by atoms with E-state index < -0.39 is 5.97 Å². The van der Waals surface area contributed by atoms with E-state index in [4.69, 9.17) is 5.11 Å². The summed E-state index contributed by atoms with van der Waals surface area (Å²) in [5, 5.41) is 14.2. The number of carboxylic acids is 1. The van der Waals surface area contributed by atoms with Crippen molar-refractivity contribution < 1.29 is 14.7 Å². The molecule has 0 unspecified atom stereocenters. The smallest absolute Gasteiger partial charge is 0.335 e. The van der Waals surface area contributed by atoms with Crippen LogP contribution in [0.1, 0.15) is 20.7 Å². The first kappa shape index (κ1) is 14.3. The number of aromatic carboxylic acids is 1. The SMILES string of the molecule is O=C(O)c1cccc(NCN2C(=O)c3cccc4cccc2c34)c1. The highest BCUT2D eigenvalue weighted by Gasteiger charge is 2.29. The van der Waals surface area contributed by atoms with Crippen molar-refractivity contribution in [3.8, 4) is 0 Å². The molecule has 0 bridgehead atoms. The van der Waals surface area contributed by atoms with E-state index in [-0.39, 0.29) is 18.1 Å². The largest absolute Gasteiger partial charge is 0.478 e. The van der Waals surface area contributed by atoms with Crippen molar-refractivity contribution in [1.29, 1.82) is 0 Å². The normalized spacial score (nSPS) is 12.7. The molecule has 118 valence electrons. The second-order valence-electron chi connectivity index (χ2n) is 5.63. The van der Waals surface area contributed by atoms with Crippen LogP contribution in [0.15, 0.2) is 60.7 Å². The molecule has 0 saturated heterocycles. The molecule has 1 aliphatic rings. The molecule has 0 radical (unpaired) electrons. The predicted molar refractivity (Wildman–Crippen MR) is 92.6 cm³/mol. The molecule has 1 amide bonds. The standard InChI is InChI=1S/C19H14N2O3/c22-18-15-8-2-4-12-5-3-9-16(17(12)15)21(18)11-20-14-7-1-6-13(10-14)19(23)24/h1-10,20H,11H2,(H,23,24). The topological polar surface area (TPSA) is 69.6 Å². The van der Waals surface area contributed by atoms with Crippen molar-refractivity contribution in [1.82, 2.24) is 0 Å². The Hall–Kier alpha value is -3.34. The maximum atomic E-state index is 12.7. The van der Waals surface area contributed by atoms with Gasteiger partial charge in [0.15, 0.2) is 0 Å². The fourth-order valence-electron chi connectivity index (χ4n) is 3.07. The number of hydrogen-bond acceptors (Lipinski definition) is 3. The van der Waals surface area contributed by atoms with E-state index in [9.17, 15) is 9.59 Å². The molecule has 1 aliphatic heterocycles. The van der Waals surface area contributed by atoms with Gasteiger partial charge in [-0.1, -0.05) is 30.3 Å². The van der Waals surface area contributed by atoms with Gasteiger partial charge >= 0.3 is 5.97 Å². The van der Waals surface area contributed by atoms with Crippen LogP contribution in [0.5, 0.6) is 0 Å². The number of rotatable bonds is 4. The van der Waals surface area contributed by atoms with Crippen molar-refractivity contribution >= 4 is 34.0 Å². The van der Waals surface area contributed by atoms with Gasteiger partial charge in [0.05, 0.1) is 17.9 Å². The van der Waals surface area contributed by atoms with E-state index in [2.05, 4.69) is 5.32 Å². The van der Waals surface area contributed by atoms with Crippen LogP contribution in [0.3, 0.4) is 0 Å². The minimum absolute atomic E-state index is 0.0521. The maximum Gasteiger partial charge on any atom is 0.335 e. The summed E-state index contributed by atoms with van der Waals surface area (Å²) < 4.78 is 0. The Morgan fingerprint density at radius 1 is 1.04 bits per heavy atom. The number of amides is 1. The average Bonchev–Trinajstić information content (AvgIpc) is 2.88. The fourth-order valence-corrected chi connectivity index (χ4v) is 3.07. The Morgan fingerprint density at radius 2 is 1.79 bits per heavy atom. The van der Waals surface area contributed by atoms with E-state index in [1.54, 1.807) is 23.1 Å². The summed E-state index contributed by atoms with van der Waals surface area (Å²) in [5.74, 6) is -1.03. The molecular formula is C19H14N2O3. The Kier molecular flexibility index (Phi) is 3.20. The second-order valence-corrected chi connectivity index (χ2v) is 5.63. The van der Waals surface area contributed by atoms with Gasteiger partial charge < -0.3 is 10.4 Å². The first-order valence-corrected chi connectivity index (χ1v) is 7.56. The molecule has 0 aromatic heterocycles. The molecule has 5 nitrogen and oxygen atoms in total. The van der Waals surface area contributed by atoms with Crippen LogP contribution in [0.2, 0.25) is 0 Å². The van der Waals surface area contributed by atoms with Crippen LogP contribution >= 0.6 is 0 Å². The number of hydrogen-bond donors (Lipinski definition) is 2. The van der Waals surface area contributed by atoms with E-state index in [0.29, 0.717) is 11.3 Å². The highest BCUT2D eigenvalue weighted by Crippen LogP contribution is 2.36. The molecule has 4 rings (SSSR count). The summed E-state index contributed by atoms with van der Waals surface area (Å²) in [4.78, 5) is 25.4. The molecular weight excluding hydrogens is 304 g/mol. The van der Waals surface area contributed by atoms with Crippen molar-refractivity contribution in [3.05, 3.63) is 71.8 Å². The highest BCUT2D eigenvalue weighted by atomic mass is 16.4. The van der Waals surface area contributed by atoms with Crippen LogP contribution in [0.4, 0.5) is 11.4 Å². The third kappa shape index (κ3) is 2.18. The molecule has 0 spiro atoms. The molecule has 0 aliphatic carbocycles. The van der Waals surface area contributed by atoms with Crippen LogP contribution in [-0.4, -0.2) is 23.7 Å². The van der Waals surface area contributed by atoms with Gasteiger partial charge in [-0.25, -0.2) is 4.79 Å². The van der Waals surface area contributed by atoms with Gasteiger partial charge in [0, 0.05) is 16.6 Å². The molecule has 1 heterocycles. The molecule has 2 N–H and O–H groups in total. The van der Waals surface area contributed by atoms with E-state index in [0.717, 1.165) is 16.5 Å². The number of anilines is 2. The number of nitrogens with one attached hydrogen (secondary N) is 1. The zero-order valence-electron chi connectivity index (χ0n) is 12.7. The number of benzene rings is 3. The molecule has 3 aromatic rings. The minimum atomic E-state index is -0.979. The van der Waals surface area contributed by atoms with Crippen LogP contribution in [0, 0.1) is 0 Å². The number of carboxylic acid groups (broad SMARTS) is 1. The van der Waals surface area contributed by atoms with Crippen LogP contribution in [-0.2, 0) is 0 Å². The summed E-state index contributed by atoms with van der Waals surface area (Å²) in [5.41, 5.74) is 2.43. The monoisotopic (exact) mass is 318 g/mol. The second kappa shape index (κ2) is 5.38. The van der Waals surface area contributed by atoms with Gasteiger partial charge in [-0.3, -0.25) is 9.69 Å². The first-order valence-electron chi connectivity index (χ1n) is 7.56. The van der Waals surface area contributed by atoms with Gasteiger partial charge in [-0.15, -0.1) is 0 Å². The van der Waals surface area contributed by atoms with Gasteiger partial charge in [0.25, 0.3) is 5.91 Å². The van der Waals surface area contributed by atoms with Crippen molar-refractivity contribution in [2.45, 2.75) is 0 Å². The van der Waals surface area contributed by atoms with Crippen LogP contribution < -0.4 is 10.2 Å². The van der Waals surface area contributed by atoms with Crippen molar-refractivity contribution in [3.63, 3.8) is 0 Å². The highest BCUT2D eigenvalue weighted by molar-refractivity contribution is 6.25. The molecule has 0 atom stereocenters. The summed E-state index contributed by atoms with van der Waals surface area (Å²) in [6.07, 6.45) is 0. The lowest BCUT2D eigenvalue weighted by atomic mass is 10.1. The van der Waals surface area contributed by atoms with Gasteiger partial charge in [-0.05, 0) is 35.7 Å². The van der Waals surface area contributed by atoms with E-state index >= 15 is 0 Å². The van der Waals surface area contributed by atoms with Gasteiger partial charge in [0.2, 0.25) is 0 Å². The van der Waals surface area contributed by atoms with Gasteiger partial charge in [0.1, 0.15) is 0 Å². The summed E-state index contributed by atoms with van der Waals surface area (Å²) in [6.45, 7) is 0.274. The Morgan fingerprint density at radius 3 is 2.58 bits per heavy atom. The van der Waals surface area contributed by atoms with E-state index in [1.165, 1.54) is 6.07 Å². The Bertz CT molecular complexity index is 976. The van der Waals surface area contributed by atoms with Crippen molar-refractivity contribution in [2.75, 3.05) is 16.9 Å². The number of nitrogens with zero attached hydrogens (tertiary/aromatic N) is 1. The zero-order valence-corrected chi connectivity index (χ0v) is 12.7. The Labute approximate surface area is 138 Å². The molecule has 0 saturated carbocycles. The summed E-state index contributed by atoms with van der Waals surface area (Å²) >= 11 is 0. The third-order valence-electron chi connectivity index (χ3n) is 4.20. The lowest BCUT2D eigenvalue weighted by molar-refractivity contribution is 0.0696. The third-order valence-corrected chi connectivity index (χ3v) is 4.20. The maximum absolute atomic E-state index is 12.7. The molecule has 3 aromatic carbocycles. The number of carbonyl (C=O) groups excluding carboxylic acids is 1. The number of carbonyl (C=O) groups is 2. The quantitative estimate of drug-likeness (QED) is 0.771. The van der Waals surface area contributed by atoms with E-state index in [1.807, 2.05) is 36.4 Å². The molecule has 0 fully saturated rings. The lowest BCUT2D eigenvalue weighted by Gasteiger charge is -2.19. The average molecular weight is 318 g/mol. The van der Waals surface area contributed by atoms with Gasteiger partial charge in [-0.2, -0.15) is 0 Å². The zero-order chi connectivity index (χ0) is 16.7. The minimum Gasteiger partial charge on any atom is -0.478 e.